The fraction of sp³-hybridized carbons (Fsp3) is 1.00. The number of aliphatic hydroxyl groups is 1. The number of rotatable bonds is 5. The summed E-state index contributed by atoms with van der Waals surface area (Å²) in [6.07, 6.45) is -0.661. The molecule has 0 bridgehead atoms. The SMILES string of the molecule is COC(OC)C(C)(O)C(C)(C)CN. The van der Waals surface area contributed by atoms with Crippen molar-refractivity contribution in [3.63, 3.8) is 0 Å². The Balaban J connectivity index is 4.70. The summed E-state index contributed by atoms with van der Waals surface area (Å²) in [5, 5.41) is 10.2. The van der Waals surface area contributed by atoms with Gasteiger partial charge >= 0.3 is 0 Å². The molecule has 13 heavy (non-hydrogen) atoms. The molecule has 0 spiro atoms. The number of ether oxygens (including phenoxy) is 2. The van der Waals surface area contributed by atoms with E-state index in [2.05, 4.69) is 0 Å². The van der Waals surface area contributed by atoms with E-state index < -0.39 is 17.3 Å². The van der Waals surface area contributed by atoms with Gasteiger partial charge in [0.25, 0.3) is 0 Å². The van der Waals surface area contributed by atoms with Crippen LogP contribution in [0.2, 0.25) is 0 Å². The molecule has 0 aromatic heterocycles. The molecule has 1 atom stereocenters. The lowest BCUT2D eigenvalue weighted by atomic mass is 9.75. The van der Waals surface area contributed by atoms with Gasteiger partial charge in [0, 0.05) is 26.2 Å². The quantitative estimate of drug-likeness (QED) is 0.615. The van der Waals surface area contributed by atoms with E-state index in [1.54, 1.807) is 6.92 Å². The molecule has 0 saturated heterocycles. The average molecular weight is 191 g/mol. The first-order valence-electron chi connectivity index (χ1n) is 4.31. The Morgan fingerprint density at radius 3 is 1.85 bits per heavy atom. The topological polar surface area (TPSA) is 64.7 Å². The third kappa shape index (κ3) is 2.40. The maximum atomic E-state index is 10.2. The van der Waals surface area contributed by atoms with E-state index >= 15 is 0 Å². The van der Waals surface area contributed by atoms with Crippen LogP contribution in [0.25, 0.3) is 0 Å². The van der Waals surface area contributed by atoms with Crippen LogP contribution in [0.4, 0.5) is 0 Å². The molecule has 0 radical (unpaired) electrons. The summed E-state index contributed by atoms with van der Waals surface area (Å²) in [4.78, 5) is 0. The first kappa shape index (κ1) is 12.8. The number of nitrogens with two attached hydrogens (primary N) is 1. The van der Waals surface area contributed by atoms with Gasteiger partial charge in [-0.2, -0.15) is 0 Å². The van der Waals surface area contributed by atoms with Crippen LogP contribution in [-0.4, -0.2) is 37.8 Å². The van der Waals surface area contributed by atoms with Gasteiger partial charge in [-0.1, -0.05) is 13.8 Å². The van der Waals surface area contributed by atoms with Crippen molar-refractivity contribution in [3.05, 3.63) is 0 Å². The summed E-state index contributed by atoms with van der Waals surface area (Å²) >= 11 is 0. The van der Waals surface area contributed by atoms with Gasteiger partial charge in [-0.15, -0.1) is 0 Å². The highest BCUT2D eigenvalue weighted by atomic mass is 16.7. The van der Waals surface area contributed by atoms with Gasteiger partial charge in [0.1, 0.15) is 5.60 Å². The molecule has 0 aliphatic carbocycles. The van der Waals surface area contributed by atoms with Crippen molar-refractivity contribution in [1.82, 2.24) is 0 Å². The fourth-order valence-corrected chi connectivity index (χ4v) is 1.08. The summed E-state index contributed by atoms with van der Waals surface area (Å²) in [7, 11) is 2.99. The van der Waals surface area contributed by atoms with Crippen LogP contribution in [0.5, 0.6) is 0 Å². The minimum absolute atomic E-state index is 0.364. The molecule has 4 nitrogen and oxygen atoms in total. The van der Waals surface area contributed by atoms with Gasteiger partial charge in [-0.3, -0.25) is 0 Å². The monoisotopic (exact) mass is 191 g/mol. The van der Waals surface area contributed by atoms with E-state index in [0.29, 0.717) is 6.54 Å². The van der Waals surface area contributed by atoms with Crippen LogP contribution >= 0.6 is 0 Å². The molecule has 0 aliphatic rings. The van der Waals surface area contributed by atoms with Gasteiger partial charge in [-0.05, 0) is 6.92 Å². The maximum absolute atomic E-state index is 10.2. The molecule has 0 heterocycles. The zero-order valence-corrected chi connectivity index (χ0v) is 9.13. The molecule has 4 heteroatoms. The molecule has 0 aromatic carbocycles. The van der Waals surface area contributed by atoms with E-state index in [-0.39, 0.29) is 0 Å². The van der Waals surface area contributed by atoms with Crippen molar-refractivity contribution in [2.45, 2.75) is 32.7 Å². The number of hydrogen-bond acceptors (Lipinski definition) is 4. The Morgan fingerprint density at radius 1 is 1.23 bits per heavy atom. The predicted molar refractivity (Wildman–Crippen MR) is 51.3 cm³/mol. The van der Waals surface area contributed by atoms with Gasteiger partial charge in [0.15, 0.2) is 6.29 Å². The molecule has 0 amide bonds. The highest BCUT2D eigenvalue weighted by Crippen LogP contribution is 2.33. The third-order valence-corrected chi connectivity index (χ3v) is 2.77. The van der Waals surface area contributed by atoms with Gasteiger partial charge < -0.3 is 20.3 Å². The molecule has 3 N–H and O–H groups in total. The molecule has 0 fully saturated rings. The van der Waals surface area contributed by atoms with Crippen molar-refractivity contribution in [3.8, 4) is 0 Å². The highest BCUT2D eigenvalue weighted by Gasteiger charge is 2.45. The summed E-state index contributed by atoms with van der Waals surface area (Å²) in [5.41, 5.74) is 4.01. The van der Waals surface area contributed by atoms with E-state index in [0.717, 1.165) is 0 Å². The van der Waals surface area contributed by atoms with Crippen LogP contribution in [0, 0.1) is 5.41 Å². The lowest BCUT2D eigenvalue weighted by molar-refractivity contribution is -0.243. The maximum Gasteiger partial charge on any atom is 0.185 e. The van der Waals surface area contributed by atoms with Crippen LogP contribution in [-0.2, 0) is 9.47 Å². The summed E-state index contributed by atoms with van der Waals surface area (Å²) in [6.45, 7) is 5.77. The largest absolute Gasteiger partial charge is 0.384 e. The van der Waals surface area contributed by atoms with Gasteiger partial charge in [0.2, 0.25) is 0 Å². The lowest BCUT2D eigenvalue weighted by Crippen LogP contribution is -2.55. The molecule has 0 rings (SSSR count). The van der Waals surface area contributed by atoms with E-state index in [1.807, 2.05) is 13.8 Å². The second kappa shape index (κ2) is 4.37. The third-order valence-electron chi connectivity index (χ3n) is 2.77. The molecule has 0 saturated carbocycles. The predicted octanol–water partition coefficient (Wildman–Crippen LogP) is 0.341. The van der Waals surface area contributed by atoms with Crippen molar-refractivity contribution in [2.24, 2.45) is 11.1 Å². The standard InChI is InChI=1S/C9H21NO3/c1-8(2,6-10)9(3,11)7(12-4)13-5/h7,11H,6,10H2,1-5H3. The first-order valence-corrected chi connectivity index (χ1v) is 4.31. The van der Waals surface area contributed by atoms with Crippen LogP contribution < -0.4 is 5.73 Å². The Bertz CT molecular complexity index is 153. The smallest absolute Gasteiger partial charge is 0.185 e. The molecule has 80 valence electrons. The van der Waals surface area contributed by atoms with Crippen LogP contribution in [0.15, 0.2) is 0 Å². The Kier molecular flexibility index (Phi) is 4.32. The lowest BCUT2D eigenvalue weighted by Gasteiger charge is -2.42. The van der Waals surface area contributed by atoms with Crippen LogP contribution in [0.1, 0.15) is 20.8 Å². The minimum atomic E-state index is -1.11. The van der Waals surface area contributed by atoms with Crippen molar-refractivity contribution in [1.29, 1.82) is 0 Å². The summed E-state index contributed by atoms with van der Waals surface area (Å²) in [5.74, 6) is 0. The molecular weight excluding hydrogens is 170 g/mol. The van der Waals surface area contributed by atoms with Crippen molar-refractivity contribution >= 4 is 0 Å². The normalized spacial score (nSPS) is 17.5. The molecule has 0 aliphatic heterocycles. The minimum Gasteiger partial charge on any atom is -0.384 e. The Labute approximate surface area is 80.0 Å². The fourth-order valence-electron chi connectivity index (χ4n) is 1.08. The summed E-state index contributed by atoms with van der Waals surface area (Å²) < 4.78 is 10.0. The zero-order valence-electron chi connectivity index (χ0n) is 9.13. The molecule has 0 aromatic rings. The Hall–Kier alpha value is -0.160. The summed E-state index contributed by atoms with van der Waals surface area (Å²) in [6, 6.07) is 0. The number of hydrogen-bond donors (Lipinski definition) is 2. The van der Waals surface area contributed by atoms with Crippen molar-refractivity contribution in [2.75, 3.05) is 20.8 Å². The second-order valence-corrected chi connectivity index (χ2v) is 4.04. The van der Waals surface area contributed by atoms with E-state index in [9.17, 15) is 5.11 Å². The molecule has 1 unspecified atom stereocenters. The van der Waals surface area contributed by atoms with E-state index in [4.69, 9.17) is 15.2 Å². The van der Waals surface area contributed by atoms with Crippen molar-refractivity contribution < 1.29 is 14.6 Å². The first-order chi connectivity index (χ1) is 5.83. The van der Waals surface area contributed by atoms with Crippen LogP contribution in [0.3, 0.4) is 0 Å². The van der Waals surface area contributed by atoms with E-state index in [1.165, 1.54) is 14.2 Å². The number of methoxy groups -OCH3 is 2. The van der Waals surface area contributed by atoms with Gasteiger partial charge in [0.05, 0.1) is 0 Å². The second-order valence-electron chi connectivity index (χ2n) is 4.04. The molecular formula is C9H21NO3. The Morgan fingerprint density at radius 2 is 1.62 bits per heavy atom. The highest BCUT2D eigenvalue weighted by molar-refractivity contribution is 4.93. The zero-order chi connectivity index (χ0) is 10.7. The average Bonchev–Trinajstić information content (AvgIpc) is 2.06. The van der Waals surface area contributed by atoms with Gasteiger partial charge in [-0.25, -0.2) is 0 Å².